The van der Waals surface area contributed by atoms with Crippen LogP contribution in [0.25, 0.3) is 0 Å². The summed E-state index contributed by atoms with van der Waals surface area (Å²) in [7, 11) is 0. The first-order valence-corrected chi connectivity index (χ1v) is 9.66. The number of halogens is 2. The Morgan fingerprint density at radius 2 is 1.60 bits per heavy atom. The normalized spacial score (nSPS) is 12.2. The molecule has 142 valence electrons. The molecule has 0 aromatic heterocycles. The number of unbranched alkanes of at least 4 members (excludes halogenated alkanes) is 6. The lowest BCUT2D eigenvalue weighted by Gasteiger charge is -2.18. The Kier molecular flexibility index (Phi) is 10.4. The van der Waals surface area contributed by atoms with Gasteiger partial charge in [-0.15, -0.1) is 0 Å². The fourth-order valence-corrected chi connectivity index (χ4v) is 2.97. The third-order valence-corrected chi connectivity index (χ3v) is 4.50. The fourth-order valence-electron chi connectivity index (χ4n) is 2.97. The largest absolute Gasteiger partial charge is 0.459 e. The SMILES string of the molecule is CCCCCCCCCC(CCC)OC(=O)c1c(F)ccc(C)c1F. The molecule has 0 N–H and O–H groups in total. The summed E-state index contributed by atoms with van der Waals surface area (Å²) in [5.74, 6) is -2.57. The van der Waals surface area contributed by atoms with Crippen LogP contribution in [0.5, 0.6) is 0 Å². The van der Waals surface area contributed by atoms with E-state index >= 15 is 0 Å². The lowest BCUT2D eigenvalue weighted by Crippen LogP contribution is -2.20. The molecule has 0 heterocycles. The monoisotopic (exact) mass is 354 g/mol. The van der Waals surface area contributed by atoms with E-state index in [1.54, 1.807) is 0 Å². The maximum Gasteiger partial charge on any atom is 0.344 e. The summed E-state index contributed by atoms with van der Waals surface area (Å²) in [5.41, 5.74) is -0.326. The predicted octanol–water partition coefficient (Wildman–Crippen LogP) is 6.74. The number of rotatable bonds is 12. The zero-order valence-corrected chi connectivity index (χ0v) is 15.9. The highest BCUT2D eigenvalue weighted by Crippen LogP contribution is 2.21. The Bertz CT molecular complexity index is 529. The van der Waals surface area contributed by atoms with E-state index in [9.17, 15) is 13.6 Å². The number of carbonyl (C=O) groups is 1. The van der Waals surface area contributed by atoms with Crippen molar-refractivity contribution in [2.45, 2.75) is 91.1 Å². The molecule has 0 amide bonds. The number of hydrogen-bond acceptors (Lipinski definition) is 2. The number of carbonyl (C=O) groups excluding carboxylic acids is 1. The number of hydrogen-bond donors (Lipinski definition) is 0. The van der Waals surface area contributed by atoms with Crippen LogP contribution in [0.2, 0.25) is 0 Å². The van der Waals surface area contributed by atoms with Gasteiger partial charge in [0.15, 0.2) is 0 Å². The van der Waals surface area contributed by atoms with Crippen LogP contribution < -0.4 is 0 Å². The topological polar surface area (TPSA) is 26.3 Å². The van der Waals surface area contributed by atoms with Gasteiger partial charge in [-0.05, 0) is 37.8 Å². The first kappa shape index (κ1) is 21.6. The van der Waals surface area contributed by atoms with Crippen molar-refractivity contribution >= 4 is 5.97 Å². The van der Waals surface area contributed by atoms with Gasteiger partial charge in [0.25, 0.3) is 0 Å². The van der Waals surface area contributed by atoms with Gasteiger partial charge in [0.1, 0.15) is 23.3 Å². The van der Waals surface area contributed by atoms with E-state index in [0.29, 0.717) is 0 Å². The van der Waals surface area contributed by atoms with Crippen LogP contribution in [-0.4, -0.2) is 12.1 Å². The Morgan fingerprint density at radius 1 is 0.960 bits per heavy atom. The molecule has 0 aliphatic rings. The molecule has 1 aromatic carbocycles. The van der Waals surface area contributed by atoms with E-state index in [0.717, 1.165) is 38.2 Å². The molecule has 0 saturated carbocycles. The molecule has 1 rings (SSSR count). The van der Waals surface area contributed by atoms with E-state index in [4.69, 9.17) is 4.74 Å². The van der Waals surface area contributed by atoms with Crippen molar-refractivity contribution in [3.63, 3.8) is 0 Å². The van der Waals surface area contributed by atoms with Crippen molar-refractivity contribution in [2.24, 2.45) is 0 Å². The zero-order valence-electron chi connectivity index (χ0n) is 15.9. The van der Waals surface area contributed by atoms with Crippen molar-refractivity contribution < 1.29 is 18.3 Å². The zero-order chi connectivity index (χ0) is 18.7. The fraction of sp³-hybridized carbons (Fsp3) is 0.667. The number of aryl methyl sites for hydroxylation is 1. The third kappa shape index (κ3) is 7.54. The predicted molar refractivity (Wildman–Crippen MR) is 97.8 cm³/mol. The highest BCUT2D eigenvalue weighted by atomic mass is 19.1. The van der Waals surface area contributed by atoms with Gasteiger partial charge in [0.05, 0.1) is 0 Å². The minimum Gasteiger partial charge on any atom is -0.459 e. The average Bonchev–Trinajstić information content (AvgIpc) is 2.58. The molecule has 0 bridgehead atoms. The lowest BCUT2D eigenvalue weighted by molar-refractivity contribution is 0.0243. The van der Waals surface area contributed by atoms with E-state index < -0.39 is 23.2 Å². The number of benzene rings is 1. The van der Waals surface area contributed by atoms with Crippen molar-refractivity contribution in [3.05, 3.63) is 34.9 Å². The summed E-state index contributed by atoms with van der Waals surface area (Å²) in [4.78, 5) is 12.2. The van der Waals surface area contributed by atoms with Gasteiger partial charge in [-0.25, -0.2) is 13.6 Å². The van der Waals surface area contributed by atoms with Crippen LogP contribution >= 0.6 is 0 Å². The second-order valence-corrected chi connectivity index (χ2v) is 6.78. The summed E-state index contributed by atoms with van der Waals surface area (Å²) in [6, 6.07) is 2.43. The molecule has 2 nitrogen and oxygen atoms in total. The van der Waals surface area contributed by atoms with Crippen LogP contribution in [0.1, 0.15) is 94.0 Å². The van der Waals surface area contributed by atoms with E-state index in [1.807, 2.05) is 6.92 Å². The summed E-state index contributed by atoms with van der Waals surface area (Å²) in [6.07, 6.45) is 10.4. The van der Waals surface area contributed by atoms with Gasteiger partial charge in [-0.2, -0.15) is 0 Å². The summed E-state index contributed by atoms with van der Waals surface area (Å²) >= 11 is 0. The van der Waals surface area contributed by atoms with Crippen molar-refractivity contribution in [3.8, 4) is 0 Å². The molecule has 0 fully saturated rings. The second-order valence-electron chi connectivity index (χ2n) is 6.78. The van der Waals surface area contributed by atoms with Crippen LogP contribution in [0.15, 0.2) is 12.1 Å². The first-order chi connectivity index (χ1) is 12.0. The first-order valence-electron chi connectivity index (χ1n) is 9.66. The Balaban J connectivity index is 2.51. The number of esters is 1. The average molecular weight is 354 g/mol. The molecule has 0 spiro atoms. The minimum absolute atomic E-state index is 0.243. The molecule has 1 atom stereocenters. The molecule has 0 saturated heterocycles. The Labute approximate surface area is 151 Å². The van der Waals surface area contributed by atoms with E-state index in [2.05, 4.69) is 6.92 Å². The van der Waals surface area contributed by atoms with Gasteiger partial charge >= 0.3 is 5.97 Å². The molecular weight excluding hydrogens is 322 g/mol. The van der Waals surface area contributed by atoms with E-state index in [-0.39, 0.29) is 11.7 Å². The Morgan fingerprint density at radius 3 is 2.24 bits per heavy atom. The highest BCUT2D eigenvalue weighted by molar-refractivity contribution is 5.90. The van der Waals surface area contributed by atoms with Crippen LogP contribution in [0.4, 0.5) is 8.78 Å². The molecule has 25 heavy (non-hydrogen) atoms. The van der Waals surface area contributed by atoms with Crippen LogP contribution in [-0.2, 0) is 4.74 Å². The van der Waals surface area contributed by atoms with Crippen molar-refractivity contribution in [1.82, 2.24) is 0 Å². The molecule has 0 radical (unpaired) electrons. The maximum atomic E-state index is 14.1. The maximum absolute atomic E-state index is 14.1. The molecule has 4 heteroatoms. The second kappa shape index (κ2) is 12.0. The van der Waals surface area contributed by atoms with Gasteiger partial charge in [0.2, 0.25) is 0 Å². The molecular formula is C21H32F2O2. The highest BCUT2D eigenvalue weighted by Gasteiger charge is 2.23. The molecule has 1 aromatic rings. The van der Waals surface area contributed by atoms with Gasteiger partial charge < -0.3 is 4.74 Å². The van der Waals surface area contributed by atoms with Gasteiger partial charge in [0, 0.05) is 0 Å². The van der Waals surface area contributed by atoms with Crippen LogP contribution in [0.3, 0.4) is 0 Å². The minimum atomic E-state index is -0.889. The quantitative estimate of drug-likeness (QED) is 0.307. The van der Waals surface area contributed by atoms with Crippen LogP contribution in [0, 0.1) is 18.6 Å². The van der Waals surface area contributed by atoms with Gasteiger partial charge in [-0.1, -0.05) is 64.9 Å². The van der Waals surface area contributed by atoms with Crippen molar-refractivity contribution in [2.75, 3.05) is 0 Å². The molecule has 0 aliphatic heterocycles. The molecule has 0 aliphatic carbocycles. The smallest absolute Gasteiger partial charge is 0.344 e. The van der Waals surface area contributed by atoms with E-state index in [1.165, 1.54) is 45.1 Å². The summed E-state index contributed by atoms with van der Waals surface area (Å²) in [6.45, 7) is 5.72. The number of ether oxygens (including phenoxy) is 1. The van der Waals surface area contributed by atoms with Gasteiger partial charge in [-0.3, -0.25) is 0 Å². The Hall–Kier alpha value is -1.45. The third-order valence-electron chi connectivity index (χ3n) is 4.50. The standard InChI is InChI=1S/C21H32F2O2/c1-4-6-7-8-9-10-11-13-17(12-5-2)25-21(24)19-18(22)15-14-16(3)20(19)23/h14-15,17H,4-13H2,1-3H3. The van der Waals surface area contributed by atoms with Crippen molar-refractivity contribution in [1.29, 1.82) is 0 Å². The lowest BCUT2D eigenvalue weighted by atomic mass is 10.0. The molecule has 1 unspecified atom stereocenters. The summed E-state index contributed by atoms with van der Waals surface area (Å²) < 4.78 is 33.3. The summed E-state index contributed by atoms with van der Waals surface area (Å²) in [5, 5.41) is 0.